The maximum absolute atomic E-state index is 12.6. The molecule has 8 nitrogen and oxygen atoms in total. The second-order valence-electron chi connectivity index (χ2n) is 5.83. The summed E-state index contributed by atoms with van der Waals surface area (Å²) in [5.41, 5.74) is 1.60. The van der Waals surface area contributed by atoms with E-state index in [1.54, 1.807) is 38.4 Å². The molecule has 0 spiro atoms. The van der Waals surface area contributed by atoms with Gasteiger partial charge in [0.2, 0.25) is 0 Å². The molecule has 142 valence electrons. The molecule has 0 fully saturated rings. The van der Waals surface area contributed by atoms with Gasteiger partial charge in [-0.1, -0.05) is 24.9 Å². The van der Waals surface area contributed by atoms with Gasteiger partial charge in [-0.25, -0.2) is 0 Å². The maximum atomic E-state index is 12.6. The minimum Gasteiger partial charge on any atom is -0.380 e. The van der Waals surface area contributed by atoms with Crippen molar-refractivity contribution in [3.05, 3.63) is 74.8 Å². The monoisotopic (exact) mass is 389 g/mol. The number of hydrogen-bond acceptors (Lipinski definition) is 6. The van der Waals surface area contributed by atoms with Crippen LogP contribution in [-0.2, 0) is 17.9 Å². The highest BCUT2D eigenvalue weighted by Gasteiger charge is 2.20. The number of nitro benzene ring substituents is 1. The summed E-state index contributed by atoms with van der Waals surface area (Å²) in [6.07, 6.45) is 0. The fourth-order valence-electron chi connectivity index (χ4n) is 2.53. The van der Waals surface area contributed by atoms with Crippen molar-refractivity contribution in [2.75, 3.05) is 14.2 Å². The zero-order chi connectivity index (χ0) is 20.0. The van der Waals surface area contributed by atoms with E-state index in [1.807, 2.05) is 0 Å². The Balaban J connectivity index is 2.20. The molecule has 0 aromatic heterocycles. The van der Waals surface area contributed by atoms with Crippen LogP contribution in [0.25, 0.3) is 0 Å². The third kappa shape index (κ3) is 5.05. The molecular weight excluding hydrogens is 370 g/mol. The van der Waals surface area contributed by atoms with E-state index in [9.17, 15) is 19.7 Å². The quantitative estimate of drug-likeness (QED) is 0.431. The van der Waals surface area contributed by atoms with Crippen molar-refractivity contribution >= 4 is 30.3 Å². The summed E-state index contributed by atoms with van der Waals surface area (Å²) in [7, 11) is 3.15. The number of thiol groups is 1. The number of amides is 2. The van der Waals surface area contributed by atoms with Gasteiger partial charge in [0.25, 0.3) is 17.5 Å². The largest absolute Gasteiger partial charge is 0.380 e. The van der Waals surface area contributed by atoms with Gasteiger partial charge in [-0.2, -0.15) is 0 Å². The molecule has 2 aromatic carbocycles. The van der Waals surface area contributed by atoms with Crippen molar-refractivity contribution in [2.24, 2.45) is 0 Å². The molecule has 1 N–H and O–H groups in total. The molecule has 2 rings (SSSR count). The van der Waals surface area contributed by atoms with Gasteiger partial charge in [-0.05, 0) is 29.8 Å². The zero-order valence-corrected chi connectivity index (χ0v) is 15.7. The van der Waals surface area contributed by atoms with Crippen LogP contribution in [0, 0.1) is 10.1 Å². The van der Waals surface area contributed by atoms with Crippen molar-refractivity contribution in [1.82, 2.24) is 9.62 Å². The van der Waals surface area contributed by atoms with Gasteiger partial charge in [-0.3, -0.25) is 24.4 Å². The Morgan fingerprint density at radius 1 is 1.19 bits per heavy atom. The highest BCUT2D eigenvalue weighted by molar-refractivity contribution is 7.78. The summed E-state index contributed by atoms with van der Waals surface area (Å²) in [5.74, 6) is -0.820. The van der Waals surface area contributed by atoms with Gasteiger partial charge in [-0.15, -0.1) is 0 Å². The molecule has 9 heteroatoms. The predicted octanol–water partition coefficient (Wildman–Crippen LogP) is 2.59. The maximum Gasteiger partial charge on any atom is 0.275 e. The molecule has 0 atom stereocenters. The first-order chi connectivity index (χ1) is 12.9. The number of benzene rings is 2. The molecule has 0 saturated heterocycles. The summed E-state index contributed by atoms with van der Waals surface area (Å²) >= 11 is 3.65. The molecule has 0 radical (unpaired) electrons. The molecule has 2 amide bonds. The van der Waals surface area contributed by atoms with Crippen LogP contribution >= 0.6 is 12.8 Å². The Morgan fingerprint density at radius 3 is 2.37 bits per heavy atom. The summed E-state index contributed by atoms with van der Waals surface area (Å²) in [4.78, 5) is 36.3. The number of methoxy groups -OCH3 is 1. The number of ether oxygens (including phenoxy) is 1. The smallest absolute Gasteiger partial charge is 0.275 e. The van der Waals surface area contributed by atoms with Crippen LogP contribution in [0.4, 0.5) is 5.69 Å². The molecule has 0 bridgehead atoms. The molecule has 0 heterocycles. The van der Waals surface area contributed by atoms with Gasteiger partial charge in [0.1, 0.15) is 0 Å². The lowest BCUT2D eigenvalue weighted by Gasteiger charge is -2.18. The van der Waals surface area contributed by atoms with Gasteiger partial charge in [0.15, 0.2) is 0 Å². The number of carbonyl (C=O) groups is 2. The van der Waals surface area contributed by atoms with Crippen molar-refractivity contribution in [3.63, 3.8) is 0 Å². The number of rotatable bonds is 7. The topological polar surface area (TPSA) is 102 Å². The number of nitrogens with zero attached hydrogens (tertiary/aromatic N) is 2. The van der Waals surface area contributed by atoms with E-state index in [-0.39, 0.29) is 23.7 Å². The van der Waals surface area contributed by atoms with Crippen LogP contribution in [0.3, 0.4) is 0 Å². The lowest BCUT2D eigenvalue weighted by molar-refractivity contribution is -0.385. The van der Waals surface area contributed by atoms with E-state index in [0.29, 0.717) is 17.7 Å². The highest BCUT2D eigenvalue weighted by Crippen LogP contribution is 2.22. The number of carbonyl (C=O) groups excluding carboxylic acids is 2. The van der Waals surface area contributed by atoms with Crippen molar-refractivity contribution in [2.45, 2.75) is 13.2 Å². The average Bonchev–Trinajstić information content (AvgIpc) is 2.67. The Hall–Kier alpha value is -2.91. The SMILES string of the molecule is COCc1ccc(C(=O)N(C)Cc2ccc(C(=O)NS)cc2[N+](=O)[O-])cc1. The van der Waals surface area contributed by atoms with Crippen LogP contribution in [0.2, 0.25) is 0 Å². The zero-order valence-electron chi connectivity index (χ0n) is 14.8. The van der Waals surface area contributed by atoms with Crippen LogP contribution < -0.4 is 4.72 Å². The lowest BCUT2D eigenvalue weighted by atomic mass is 10.1. The first-order valence-electron chi connectivity index (χ1n) is 7.92. The van der Waals surface area contributed by atoms with E-state index in [2.05, 4.69) is 17.5 Å². The second-order valence-corrected chi connectivity index (χ2v) is 6.06. The molecule has 0 unspecified atom stereocenters. The Bertz CT molecular complexity index is 855. The third-order valence-corrected chi connectivity index (χ3v) is 4.11. The van der Waals surface area contributed by atoms with Crippen LogP contribution in [0.5, 0.6) is 0 Å². The Kier molecular flexibility index (Phi) is 6.91. The van der Waals surface area contributed by atoms with E-state index in [1.165, 1.54) is 23.1 Å². The van der Waals surface area contributed by atoms with E-state index >= 15 is 0 Å². The van der Waals surface area contributed by atoms with E-state index < -0.39 is 10.8 Å². The average molecular weight is 389 g/mol. The molecule has 0 saturated carbocycles. The molecule has 27 heavy (non-hydrogen) atoms. The summed E-state index contributed by atoms with van der Waals surface area (Å²) in [6.45, 7) is 0.473. The highest BCUT2D eigenvalue weighted by atomic mass is 32.1. The van der Waals surface area contributed by atoms with E-state index in [0.717, 1.165) is 5.56 Å². The third-order valence-electron chi connectivity index (χ3n) is 3.91. The fraction of sp³-hybridized carbons (Fsp3) is 0.222. The van der Waals surface area contributed by atoms with Crippen LogP contribution in [0.15, 0.2) is 42.5 Å². The molecule has 0 aliphatic heterocycles. The fourth-order valence-corrected chi connectivity index (χ4v) is 2.66. The molecule has 0 aliphatic carbocycles. The van der Waals surface area contributed by atoms with Crippen molar-refractivity contribution in [1.29, 1.82) is 0 Å². The standard InChI is InChI=1S/C18H19N3O5S/c1-20(18(23)13-5-3-12(4-6-13)11-26-2)10-15-8-7-14(17(22)19-27)9-16(15)21(24)25/h3-9,27H,10-11H2,1-2H3,(H,19,22). The number of nitrogens with one attached hydrogen (secondary N) is 1. The predicted molar refractivity (Wildman–Crippen MR) is 103 cm³/mol. The van der Waals surface area contributed by atoms with E-state index in [4.69, 9.17) is 4.74 Å². The number of hydrogen-bond donors (Lipinski definition) is 2. The van der Waals surface area contributed by atoms with Crippen molar-refractivity contribution in [3.8, 4) is 0 Å². The number of nitro groups is 1. The van der Waals surface area contributed by atoms with Crippen molar-refractivity contribution < 1.29 is 19.2 Å². The minimum absolute atomic E-state index is 0.0255. The van der Waals surface area contributed by atoms with Gasteiger partial charge in [0, 0.05) is 36.9 Å². The van der Waals surface area contributed by atoms with Gasteiger partial charge < -0.3 is 9.64 Å². The normalized spacial score (nSPS) is 10.3. The Labute approximate surface area is 161 Å². The van der Waals surface area contributed by atoms with Crippen LogP contribution in [0.1, 0.15) is 31.8 Å². The first-order valence-corrected chi connectivity index (χ1v) is 8.37. The molecule has 0 aliphatic rings. The van der Waals surface area contributed by atoms with Gasteiger partial charge >= 0.3 is 0 Å². The van der Waals surface area contributed by atoms with Crippen LogP contribution in [-0.4, -0.2) is 35.8 Å². The molecule has 2 aromatic rings. The summed E-state index contributed by atoms with van der Waals surface area (Å²) in [5, 5.41) is 11.3. The lowest BCUT2D eigenvalue weighted by Crippen LogP contribution is -2.26. The Morgan fingerprint density at radius 2 is 1.81 bits per heavy atom. The first kappa shape index (κ1) is 20.4. The second kappa shape index (κ2) is 9.15. The summed E-state index contributed by atoms with van der Waals surface area (Å²) in [6, 6.07) is 11.0. The molecular formula is C18H19N3O5S. The van der Waals surface area contributed by atoms with Gasteiger partial charge in [0.05, 0.1) is 18.1 Å². The summed E-state index contributed by atoms with van der Waals surface area (Å²) < 4.78 is 7.15. The minimum atomic E-state index is -0.581.